The van der Waals surface area contributed by atoms with Gasteiger partial charge in [0, 0.05) is 11.6 Å². The summed E-state index contributed by atoms with van der Waals surface area (Å²) in [4.78, 5) is 42.4. The molecule has 11 heteroatoms. The number of fused-ring (bicyclic) bond motifs is 2. The van der Waals surface area contributed by atoms with Crippen LogP contribution in [0.3, 0.4) is 0 Å². The Morgan fingerprint density at radius 2 is 1.97 bits per heavy atom. The van der Waals surface area contributed by atoms with Crippen molar-refractivity contribution in [2.75, 3.05) is 17.9 Å². The number of carbonyl (C=O) groups is 2. The van der Waals surface area contributed by atoms with E-state index >= 15 is 0 Å². The van der Waals surface area contributed by atoms with E-state index in [0.717, 1.165) is 11.8 Å². The van der Waals surface area contributed by atoms with Gasteiger partial charge in [-0.1, -0.05) is 23.9 Å². The van der Waals surface area contributed by atoms with E-state index < -0.39 is 17.3 Å². The SMILES string of the molecule is CC(=O)c1cc2c(cc1NC(=O)CSc1nc3ccsc3c(=O)n1-c1ccccc1F)OCO2. The Kier molecular flexibility index (Phi) is 5.80. The second kappa shape index (κ2) is 8.92. The van der Waals surface area contributed by atoms with E-state index in [1.54, 1.807) is 17.5 Å². The van der Waals surface area contributed by atoms with Crippen LogP contribution in [0.5, 0.6) is 11.5 Å². The summed E-state index contributed by atoms with van der Waals surface area (Å²) in [6.07, 6.45) is 0. The van der Waals surface area contributed by atoms with Gasteiger partial charge in [0.15, 0.2) is 22.4 Å². The monoisotopic (exact) mass is 497 g/mol. The van der Waals surface area contributed by atoms with Gasteiger partial charge in [0.2, 0.25) is 12.7 Å². The number of thioether (sulfide) groups is 1. The van der Waals surface area contributed by atoms with Gasteiger partial charge in [0.1, 0.15) is 10.5 Å². The highest BCUT2D eigenvalue weighted by molar-refractivity contribution is 7.99. The molecule has 1 amide bonds. The van der Waals surface area contributed by atoms with Crippen molar-refractivity contribution in [3.05, 3.63) is 69.6 Å². The van der Waals surface area contributed by atoms with Gasteiger partial charge in [-0.15, -0.1) is 11.3 Å². The molecule has 172 valence electrons. The molecule has 0 aliphatic carbocycles. The van der Waals surface area contributed by atoms with Crippen LogP contribution in [0, 0.1) is 5.82 Å². The van der Waals surface area contributed by atoms with Crippen molar-refractivity contribution in [1.29, 1.82) is 0 Å². The molecule has 5 rings (SSSR count). The number of Topliss-reactive ketones (excluding diaryl/α,β-unsaturated/α-hetero) is 1. The number of aromatic nitrogens is 2. The summed E-state index contributed by atoms with van der Waals surface area (Å²) in [6, 6.07) is 10.6. The van der Waals surface area contributed by atoms with Crippen LogP contribution in [0.25, 0.3) is 15.9 Å². The summed E-state index contributed by atoms with van der Waals surface area (Å²) in [6.45, 7) is 1.42. The highest BCUT2D eigenvalue weighted by Gasteiger charge is 2.22. The first-order chi connectivity index (χ1) is 16.4. The van der Waals surface area contributed by atoms with Crippen LogP contribution in [-0.2, 0) is 4.79 Å². The van der Waals surface area contributed by atoms with Crippen LogP contribution in [0.4, 0.5) is 10.1 Å². The molecule has 0 saturated carbocycles. The van der Waals surface area contributed by atoms with Gasteiger partial charge in [-0.3, -0.25) is 19.0 Å². The first kappa shape index (κ1) is 22.1. The summed E-state index contributed by atoms with van der Waals surface area (Å²) < 4.78 is 26.7. The van der Waals surface area contributed by atoms with Gasteiger partial charge in [-0.2, -0.15) is 0 Å². The Morgan fingerprint density at radius 3 is 2.74 bits per heavy atom. The average molecular weight is 498 g/mol. The summed E-state index contributed by atoms with van der Waals surface area (Å²) in [7, 11) is 0. The fraction of sp³-hybridized carbons (Fsp3) is 0.130. The minimum Gasteiger partial charge on any atom is -0.454 e. The maximum Gasteiger partial charge on any atom is 0.276 e. The molecule has 4 aromatic rings. The fourth-order valence-corrected chi connectivity index (χ4v) is 5.05. The number of carbonyl (C=O) groups excluding carboxylic acids is 2. The van der Waals surface area contributed by atoms with E-state index in [4.69, 9.17) is 9.47 Å². The van der Waals surface area contributed by atoms with Gasteiger partial charge in [-0.05, 0) is 36.6 Å². The normalized spacial score (nSPS) is 12.2. The van der Waals surface area contributed by atoms with Crippen LogP contribution in [-0.4, -0.2) is 33.8 Å². The number of rotatable bonds is 6. The molecular weight excluding hydrogens is 481 g/mol. The number of hydrogen-bond acceptors (Lipinski definition) is 8. The van der Waals surface area contributed by atoms with Crippen molar-refractivity contribution >= 4 is 50.7 Å². The highest BCUT2D eigenvalue weighted by atomic mass is 32.2. The van der Waals surface area contributed by atoms with Gasteiger partial charge in [-0.25, -0.2) is 9.37 Å². The molecule has 2 aromatic carbocycles. The number of para-hydroxylation sites is 1. The van der Waals surface area contributed by atoms with E-state index in [2.05, 4.69) is 10.3 Å². The van der Waals surface area contributed by atoms with Crippen molar-refractivity contribution in [2.24, 2.45) is 0 Å². The minimum absolute atomic E-state index is 0.0320. The van der Waals surface area contributed by atoms with E-state index in [1.807, 2.05) is 0 Å². The summed E-state index contributed by atoms with van der Waals surface area (Å²) in [5.74, 6) is -0.557. The second-order valence-corrected chi connectivity index (χ2v) is 9.12. The molecule has 1 N–H and O–H groups in total. The number of nitrogens with zero attached hydrogens (tertiary/aromatic N) is 2. The predicted octanol–water partition coefficient (Wildman–Crippen LogP) is 4.25. The quantitative estimate of drug-likeness (QED) is 0.242. The Bertz CT molecular complexity index is 1510. The zero-order valence-corrected chi connectivity index (χ0v) is 19.3. The van der Waals surface area contributed by atoms with Crippen molar-refractivity contribution in [3.63, 3.8) is 0 Å². The van der Waals surface area contributed by atoms with E-state index in [1.165, 1.54) is 53.2 Å². The lowest BCUT2D eigenvalue weighted by atomic mass is 10.1. The van der Waals surface area contributed by atoms with Crippen LogP contribution >= 0.6 is 23.1 Å². The molecule has 3 heterocycles. The van der Waals surface area contributed by atoms with E-state index in [9.17, 15) is 18.8 Å². The number of nitrogens with one attached hydrogen (secondary N) is 1. The smallest absolute Gasteiger partial charge is 0.276 e. The number of ketones is 1. The van der Waals surface area contributed by atoms with E-state index in [-0.39, 0.29) is 40.4 Å². The number of amides is 1. The number of halogens is 1. The van der Waals surface area contributed by atoms with Crippen molar-refractivity contribution in [1.82, 2.24) is 9.55 Å². The molecule has 0 atom stereocenters. The number of hydrogen-bond donors (Lipinski definition) is 1. The molecule has 1 aliphatic rings. The first-order valence-electron chi connectivity index (χ1n) is 10.0. The molecule has 0 spiro atoms. The zero-order chi connectivity index (χ0) is 23.8. The Hall–Kier alpha value is -3.70. The topological polar surface area (TPSA) is 99.5 Å². The highest BCUT2D eigenvalue weighted by Crippen LogP contribution is 2.37. The number of benzene rings is 2. The molecule has 8 nitrogen and oxygen atoms in total. The minimum atomic E-state index is -0.583. The molecule has 0 saturated heterocycles. The van der Waals surface area contributed by atoms with Crippen LogP contribution in [0.15, 0.2) is 57.8 Å². The van der Waals surface area contributed by atoms with Crippen LogP contribution in [0.1, 0.15) is 17.3 Å². The molecule has 0 unspecified atom stereocenters. The van der Waals surface area contributed by atoms with Crippen LogP contribution < -0.4 is 20.3 Å². The Morgan fingerprint density at radius 1 is 1.21 bits per heavy atom. The third-order valence-electron chi connectivity index (χ3n) is 5.04. The van der Waals surface area contributed by atoms with Gasteiger partial charge < -0.3 is 14.8 Å². The lowest BCUT2D eigenvalue weighted by Gasteiger charge is -2.13. The number of ether oxygens (including phenoxy) is 2. The lowest BCUT2D eigenvalue weighted by molar-refractivity contribution is -0.113. The third kappa shape index (κ3) is 4.03. The predicted molar refractivity (Wildman–Crippen MR) is 127 cm³/mol. The van der Waals surface area contributed by atoms with Crippen molar-refractivity contribution in [3.8, 4) is 17.2 Å². The molecule has 34 heavy (non-hydrogen) atoms. The van der Waals surface area contributed by atoms with Crippen molar-refractivity contribution < 1.29 is 23.5 Å². The van der Waals surface area contributed by atoms with Gasteiger partial charge >= 0.3 is 0 Å². The molecular formula is C23H16FN3O5S2. The van der Waals surface area contributed by atoms with Crippen molar-refractivity contribution in [2.45, 2.75) is 12.1 Å². The molecule has 2 aromatic heterocycles. The second-order valence-electron chi connectivity index (χ2n) is 7.27. The maximum absolute atomic E-state index is 14.6. The zero-order valence-electron chi connectivity index (χ0n) is 17.7. The summed E-state index contributed by atoms with van der Waals surface area (Å²) >= 11 is 2.20. The first-order valence-corrected chi connectivity index (χ1v) is 11.9. The molecule has 0 radical (unpaired) electrons. The average Bonchev–Trinajstić information content (AvgIpc) is 3.47. The third-order valence-corrected chi connectivity index (χ3v) is 6.87. The van der Waals surface area contributed by atoms with E-state index in [0.29, 0.717) is 21.7 Å². The number of anilines is 1. The molecule has 0 bridgehead atoms. The molecule has 0 fully saturated rings. The molecule has 1 aliphatic heterocycles. The Labute approximate surface area is 200 Å². The lowest BCUT2D eigenvalue weighted by Crippen LogP contribution is -2.23. The summed E-state index contributed by atoms with van der Waals surface area (Å²) in [5, 5.41) is 4.61. The largest absolute Gasteiger partial charge is 0.454 e. The van der Waals surface area contributed by atoms with Crippen LogP contribution in [0.2, 0.25) is 0 Å². The Balaban J connectivity index is 1.45. The fourth-order valence-electron chi connectivity index (χ4n) is 3.49. The summed E-state index contributed by atoms with van der Waals surface area (Å²) in [5.41, 5.74) is 0.675. The van der Waals surface area contributed by atoms with Gasteiger partial charge in [0.05, 0.1) is 22.6 Å². The van der Waals surface area contributed by atoms with Gasteiger partial charge in [0.25, 0.3) is 5.56 Å². The maximum atomic E-state index is 14.6. The standard InChI is InChI=1S/C23H16FN3O5S2/c1-12(28)13-8-18-19(32-11-31-18)9-16(13)25-20(29)10-34-23-26-15-6-7-33-21(15)22(30)27(23)17-5-3-2-4-14(17)24/h2-9H,10-11H2,1H3,(H,25,29). The number of thiophene rings is 1.